The Balaban J connectivity index is 1.96. The summed E-state index contributed by atoms with van der Waals surface area (Å²) in [5.41, 5.74) is 6.96. The zero-order chi connectivity index (χ0) is 28.3. The number of hydrogen-bond acceptors (Lipinski definition) is 6. The Hall–Kier alpha value is -3.76. The van der Waals surface area contributed by atoms with Crippen LogP contribution >= 0.6 is 11.6 Å². The maximum absolute atomic E-state index is 14.5. The van der Waals surface area contributed by atoms with Gasteiger partial charge in [0, 0.05) is 12.1 Å². The van der Waals surface area contributed by atoms with Gasteiger partial charge >= 0.3 is 5.69 Å². The molecule has 0 saturated carbocycles. The van der Waals surface area contributed by atoms with Crippen molar-refractivity contribution in [2.24, 2.45) is 11.7 Å². The molecule has 4 aromatic rings. The number of nitrogens with zero attached hydrogens (tertiary/aromatic N) is 5. The molecule has 0 aliphatic rings. The van der Waals surface area contributed by atoms with Crippen LogP contribution in [0.5, 0.6) is 5.88 Å². The van der Waals surface area contributed by atoms with E-state index < -0.39 is 23.5 Å². The number of nitrogens with two attached hydrogens (primary N) is 1. The first kappa shape index (κ1) is 28.3. The highest BCUT2D eigenvalue weighted by Crippen LogP contribution is 2.32. The van der Waals surface area contributed by atoms with Crippen LogP contribution in [0.1, 0.15) is 53.6 Å². The number of hydrogen-bond donors (Lipinski definition) is 1. The third-order valence-corrected chi connectivity index (χ3v) is 6.91. The molecule has 1 atom stereocenters. The van der Waals surface area contributed by atoms with Crippen molar-refractivity contribution in [2.45, 2.75) is 39.8 Å². The fourth-order valence-corrected chi connectivity index (χ4v) is 4.81. The third-order valence-electron chi connectivity index (χ3n) is 6.58. The van der Waals surface area contributed by atoms with Crippen LogP contribution in [0, 0.1) is 18.7 Å². The molecule has 0 spiro atoms. The minimum absolute atomic E-state index is 0.0666. The Morgan fingerprint density at radius 2 is 1.92 bits per heavy atom. The zero-order valence-electron chi connectivity index (χ0n) is 22.4. The van der Waals surface area contributed by atoms with Crippen LogP contribution in [0.3, 0.4) is 0 Å². The van der Waals surface area contributed by atoms with E-state index in [1.54, 1.807) is 24.0 Å². The minimum Gasteiger partial charge on any atom is -0.479 e. The number of benzene rings is 2. The average Bonchev–Trinajstić information content (AvgIpc) is 3.25. The molecule has 0 aliphatic heterocycles. The van der Waals surface area contributed by atoms with E-state index in [-0.39, 0.29) is 41.1 Å². The topological polar surface area (TPSA) is 108 Å². The molecular weight excluding hydrogens is 523 g/mol. The third kappa shape index (κ3) is 5.67. The maximum Gasteiger partial charge on any atom is 0.352 e. The fraction of sp³-hybridized carbons (Fsp3) is 0.357. The molecule has 4 rings (SSSR count). The Labute approximate surface area is 231 Å². The molecule has 0 radical (unpaired) electrons. The van der Waals surface area contributed by atoms with Crippen LogP contribution in [-0.2, 0) is 6.54 Å². The van der Waals surface area contributed by atoms with Gasteiger partial charge in [-0.3, -0.25) is 9.36 Å². The highest BCUT2D eigenvalue weighted by molar-refractivity contribution is 6.34. The van der Waals surface area contributed by atoms with Crippen LogP contribution < -0.4 is 16.2 Å². The first-order valence-electron chi connectivity index (χ1n) is 12.7. The maximum atomic E-state index is 14.5. The Kier molecular flexibility index (Phi) is 8.66. The van der Waals surface area contributed by atoms with Crippen LogP contribution in [0.15, 0.2) is 53.3 Å². The van der Waals surface area contributed by atoms with E-state index >= 15 is 0 Å². The summed E-state index contributed by atoms with van der Waals surface area (Å²) >= 11 is 6.49. The Bertz CT molecular complexity index is 1540. The molecular formula is C28H32ClFN6O3. The van der Waals surface area contributed by atoms with E-state index in [1.807, 2.05) is 44.2 Å². The van der Waals surface area contributed by atoms with E-state index in [2.05, 4.69) is 5.10 Å². The summed E-state index contributed by atoms with van der Waals surface area (Å²) in [4.78, 5) is 34.2. The van der Waals surface area contributed by atoms with Crippen molar-refractivity contribution in [1.82, 2.24) is 24.1 Å². The highest BCUT2D eigenvalue weighted by atomic mass is 35.5. The van der Waals surface area contributed by atoms with Gasteiger partial charge in [0.2, 0.25) is 0 Å². The lowest BCUT2D eigenvalue weighted by atomic mass is 9.99. The van der Waals surface area contributed by atoms with Crippen molar-refractivity contribution in [3.63, 3.8) is 0 Å². The summed E-state index contributed by atoms with van der Waals surface area (Å²) in [7, 11) is 1.40. The number of aromatic nitrogens is 4. The van der Waals surface area contributed by atoms with Crippen LogP contribution in [-0.4, -0.2) is 50.2 Å². The van der Waals surface area contributed by atoms with E-state index in [1.165, 1.54) is 17.7 Å². The van der Waals surface area contributed by atoms with E-state index in [4.69, 9.17) is 27.1 Å². The van der Waals surface area contributed by atoms with Gasteiger partial charge < -0.3 is 15.4 Å². The predicted molar refractivity (Wildman–Crippen MR) is 148 cm³/mol. The second-order valence-corrected chi connectivity index (χ2v) is 10.1. The first-order valence-corrected chi connectivity index (χ1v) is 13.1. The lowest BCUT2D eigenvalue weighted by Crippen LogP contribution is -2.43. The number of carbonyl (C=O) groups is 1. The van der Waals surface area contributed by atoms with Crippen molar-refractivity contribution >= 4 is 23.2 Å². The largest absolute Gasteiger partial charge is 0.479 e. The molecule has 39 heavy (non-hydrogen) atoms. The summed E-state index contributed by atoms with van der Waals surface area (Å²) < 4.78 is 22.3. The van der Waals surface area contributed by atoms with Gasteiger partial charge in [-0.25, -0.2) is 14.2 Å². The van der Waals surface area contributed by atoms with Gasteiger partial charge in [-0.1, -0.05) is 61.8 Å². The van der Waals surface area contributed by atoms with Gasteiger partial charge in [0.15, 0.2) is 5.65 Å². The Morgan fingerprint density at radius 1 is 1.21 bits per heavy atom. The lowest BCUT2D eigenvalue weighted by molar-refractivity contribution is 0.0601. The van der Waals surface area contributed by atoms with E-state index in [0.717, 1.165) is 10.1 Å². The molecule has 2 aromatic carbocycles. The second kappa shape index (κ2) is 12.0. The standard InChI is InChI=1S/C28H32ClFN6O3/c1-17(2)23(34(14-8-13-31)27(37)20-12-11-18(3)21(30)15-20)25-32-24-22(29)26(39-4)33-36(24)28(38)35(25)16-19-9-6-5-7-10-19/h5-7,9-12,15,17,23H,8,13-14,16,31H2,1-4H3. The van der Waals surface area contributed by atoms with E-state index in [0.29, 0.717) is 24.4 Å². The summed E-state index contributed by atoms with van der Waals surface area (Å²) in [5, 5.41) is 4.29. The first-order chi connectivity index (χ1) is 18.7. The number of carbonyl (C=O) groups excluding carboxylic acids is 1. The second-order valence-electron chi connectivity index (χ2n) is 9.68. The number of amides is 1. The lowest BCUT2D eigenvalue weighted by Gasteiger charge is -2.35. The number of fused-ring (bicyclic) bond motifs is 1. The number of aryl methyl sites for hydroxylation is 1. The van der Waals surface area contributed by atoms with Crippen LogP contribution in [0.25, 0.3) is 5.65 Å². The number of ether oxygens (including phenoxy) is 1. The summed E-state index contributed by atoms with van der Waals surface area (Å²) in [5.74, 6) is -0.661. The molecule has 1 amide bonds. The van der Waals surface area contributed by atoms with Gasteiger partial charge in [-0.15, -0.1) is 5.10 Å². The molecule has 206 valence electrons. The van der Waals surface area contributed by atoms with Gasteiger partial charge in [-0.05, 0) is 49.1 Å². The van der Waals surface area contributed by atoms with Crippen LogP contribution in [0.4, 0.5) is 4.39 Å². The molecule has 2 heterocycles. The smallest absolute Gasteiger partial charge is 0.352 e. The van der Waals surface area contributed by atoms with Gasteiger partial charge in [0.1, 0.15) is 16.7 Å². The summed E-state index contributed by atoms with van der Waals surface area (Å²) in [6.07, 6.45) is 0.496. The molecule has 0 saturated heterocycles. The quantitative estimate of drug-likeness (QED) is 0.314. The van der Waals surface area contributed by atoms with Crippen molar-refractivity contribution in [2.75, 3.05) is 20.2 Å². The normalized spacial score (nSPS) is 12.2. The number of methoxy groups -OCH3 is 1. The molecule has 1 unspecified atom stereocenters. The monoisotopic (exact) mass is 554 g/mol. The molecule has 0 aliphatic carbocycles. The van der Waals surface area contributed by atoms with Crippen LogP contribution in [0.2, 0.25) is 5.02 Å². The molecule has 9 nitrogen and oxygen atoms in total. The number of halogens is 2. The van der Waals surface area contributed by atoms with Gasteiger partial charge in [0.25, 0.3) is 11.8 Å². The van der Waals surface area contributed by atoms with Crippen molar-refractivity contribution in [3.8, 4) is 5.88 Å². The SMILES string of the molecule is COc1nn2c(=O)n(Cc3ccccc3)c(C(C(C)C)N(CCCN)C(=O)c3ccc(C)c(F)c3)nc2c1Cl. The molecule has 11 heteroatoms. The fourth-order valence-electron chi connectivity index (χ4n) is 4.57. The molecule has 2 aromatic heterocycles. The van der Waals surface area contributed by atoms with E-state index in [9.17, 15) is 14.0 Å². The highest BCUT2D eigenvalue weighted by Gasteiger charge is 2.34. The molecule has 2 N–H and O–H groups in total. The number of rotatable bonds is 10. The van der Waals surface area contributed by atoms with Crippen molar-refractivity contribution < 1.29 is 13.9 Å². The minimum atomic E-state index is -0.674. The van der Waals surface area contributed by atoms with Crippen molar-refractivity contribution in [1.29, 1.82) is 0 Å². The predicted octanol–water partition coefficient (Wildman–Crippen LogP) is 4.24. The average molecular weight is 555 g/mol. The molecule has 0 bridgehead atoms. The summed E-state index contributed by atoms with van der Waals surface area (Å²) in [6, 6.07) is 13.2. The summed E-state index contributed by atoms with van der Waals surface area (Å²) in [6.45, 7) is 6.30. The van der Waals surface area contributed by atoms with Gasteiger partial charge in [-0.2, -0.15) is 4.52 Å². The zero-order valence-corrected chi connectivity index (χ0v) is 23.2. The molecule has 0 fully saturated rings. The van der Waals surface area contributed by atoms with Gasteiger partial charge in [0.05, 0.1) is 19.7 Å². The Morgan fingerprint density at radius 3 is 2.54 bits per heavy atom. The van der Waals surface area contributed by atoms with Crippen molar-refractivity contribution in [3.05, 3.63) is 92.4 Å².